The van der Waals surface area contributed by atoms with Crippen LogP contribution in [0.1, 0.15) is 50.2 Å². The summed E-state index contributed by atoms with van der Waals surface area (Å²) in [7, 11) is 1.61. The summed E-state index contributed by atoms with van der Waals surface area (Å²) in [5.41, 5.74) is 11.2. The van der Waals surface area contributed by atoms with Crippen molar-refractivity contribution in [3.63, 3.8) is 0 Å². The van der Waals surface area contributed by atoms with Gasteiger partial charge in [-0.05, 0) is 56.1 Å². The Balaban J connectivity index is 1.71. The molecule has 0 saturated heterocycles. The maximum atomic E-state index is 14.6. The molecule has 1 heterocycles. The molecule has 0 bridgehead atoms. The Morgan fingerprint density at radius 2 is 1.86 bits per heavy atom. The first-order chi connectivity index (χ1) is 17.9. The van der Waals surface area contributed by atoms with Crippen molar-refractivity contribution in [2.45, 2.75) is 50.9 Å². The van der Waals surface area contributed by atoms with Crippen LogP contribution in [-0.2, 0) is 11.8 Å². The molecule has 5 rings (SSSR count). The molecule has 1 aromatic heterocycles. The summed E-state index contributed by atoms with van der Waals surface area (Å²) in [5, 5.41) is 3.47. The van der Waals surface area contributed by atoms with Crippen molar-refractivity contribution in [1.82, 2.24) is 20.3 Å². The number of nitrogens with zero attached hydrogens (tertiary/aromatic N) is 2. The van der Waals surface area contributed by atoms with Crippen molar-refractivity contribution >= 4 is 23.3 Å². The van der Waals surface area contributed by atoms with E-state index in [0.29, 0.717) is 29.0 Å². The highest BCUT2D eigenvalue weighted by Crippen LogP contribution is 2.49. The van der Waals surface area contributed by atoms with Gasteiger partial charge in [-0.25, -0.2) is 9.55 Å². The molecule has 8 heteroatoms. The zero-order valence-electron chi connectivity index (χ0n) is 21.4. The van der Waals surface area contributed by atoms with Crippen LogP contribution in [0.5, 0.6) is 5.75 Å². The van der Waals surface area contributed by atoms with Crippen LogP contribution in [0.25, 0.3) is 16.9 Å². The largest absolute Gasteiger partial charge is 0.495 e. The fourth-order valence-electron chi connectivity index (χ4n) is 5.72. The van der Waals surface area contributed by atoms with Gasteiger partial charge in [0.1, 0.15) is 5.75 Å². The number of hydrogen-bond acceptors (Lipinski definition) is 5. The molecule has 0 unspecified atom stereocenters. The Labute approximate surface area is 222 Å². The van der Waals surface area contributed by atoms with Crippen LogP contribution in [0.4, 0.5) is 5.95 Å². The lowest BCUT2D eigenvalue weighted by Gasteiger charge is -2.42. The van der Waals surface area contributed by atoms with Gasteiger partial charge in [-0.2, -0.15) is 0 Å². The Hall–Kier alpha value is -3.65. The van der Waals surface area contributed by atoms with Crippen LogP contribution < -0.4 is 26.5 Å². The number of anilines is 1. The fraction of sp³-hybridized carbons (Fsp3) is 0.345. The minimum Gasteiger partial charge on any atom is -0.495 e. The molecule has 1 spiro atoms. The fourth-order valence-corrected chi connectivity index (χ4v) is 5.84. The van der Waals surface area contributed by atoms with Crippen LogP contribution in [0.3, 0.4) is 0 Å². The van der Waals surface area contributed by atoms with E-state index in [0.717, 1.165) is 54.5 Å². The molecule has 1 fully saturated rings. The lowest BCUT2D eigenvalue weighted by Crippen LogP contribution is -2.45. The second kappa shape index (κ2) is 10.4. The maximum Gasteiger partial charge on any atom is 0.264 e. The predicted octanol–water partition coefficient (Wildman–Crippen LogP) is 5.03. The molecular formula is C29H33N5O2S. The zero-order valence-corrected chi connectivity index (χ0v) is 22.2. The molecular weight excluding hydrogens is 482 g/mol. The van der Waals surface area contributed by atoms with Gasteiger partial charge in [0.05, 0.1) is 24.1 Å². The molecule has 3 N–H and O–H groups in total. The third-order valence-corrected chi connectivity index (χ3v) is 7.64. The van der Waals surface area contributed by atoms with Crippen LogP contribution in [0, 0.1) is 0 Å². The van der Waals surface area contributed by atoms with E-state index in [9.17, 15) is 4.79 Å². The number of ether oxygens (including phenoxy) is 1. The van der Waals surface area contributed by atoms with Gasteiger partial charge in [0, 0.05) is 17.5 Å². The third kappa shape index (κ3) is 4.73. The molecule has 0 amide bonds. The molecule has 2 aliphatic rings. The summed E-state index contributed by atoms with van der Waals surface area (Å²) in [6, 6.07) is 15.8. The number of para-hydroxylation sites is 2. The first-order valence-corrected chi connectivity index (χ1v) is 13.2. The molecule has 0 atom stereocenters. The summed E-state index contributed by atoms with van der Waals surface area (Å²) in [5.74, 6) is 0.932. The van der Waals surface area contributed by atoms with Gasteiger partial charge >= 0.3 is 0 Å². The van der Waals surface area contributed by atoms with E-state index >= 15 is 0 Å². The Bertz CT molecular complexity index is 1410. The molecule has 1 saturated carbocycles. The average molecular weight is 516 g/mol. The SMILES string of the molecule is C=C(C)CNC(=S)NNc1nc2c(c(=O)n1-c1ccccc1OC)C1(CCCCC1)Cc1ccccc1-2. The second-order valence-corrected chi connectivity index (χ2v) is 10.4. The van der Waals surface area contributed by atoms with Crippen molar-refractivity contribution < 1.29 is 4.74 Å². The number of nitrogens with one attached hydrogen (secondary N) is 3. The monoisotopic (exact) mass is 515 g/mol. The molecule has 2 aromatic carbocycles. The number of hydrogen-bond donors (Lipinski definition) is 3. The van der Waals surface area contributed by atoms with E-state index in [4.69, 9.17) is 21.9 Å². The first-order valence-electron chi connectivity index (χ1n) is 12.8. The van der Waals surface area contributed by atoms with E-state index in [2.05, 4.69) is 40.9 Å². The van der Waals surface area contributed by atoms with Crippen molar-refractivity contribution in [2.24, 2.45) is 0 Å². The van der Waals surface area contributed by atoms with Crippen LogP contribution >= 0.6 is 12.2 Å². The Morgan fingerprint density at radius 1 is 1.14 bits per heavy atom. The molecule has 0 aliphatic heterocycles. The number of rotatable bonds is 6. The molecule has 37 heavy (non-hydrogen) atoms. The summed E-state index contributed by atoms with van der Waals surface area (Å²) >= 11 is 5.43. The highest BCUT2D eigenvalue weighted by atomic mass is 32.1. The topological polar surface area (TPSA) is 80.2 Å². The Morgan fingerprint density at radius 3 is 2.62 bits per heavy atom. The quantitative estimate of drug-likeness (QED) is 0.241. The lowest BCUT2D eigenvalue weighted by atomic mass is 9.62. The maximum absolute atomic E-state index is 14.6. The zero-order chi connectivity index (χ0) is 26.0. The predicted molar refractivity (Wildman–Crippen MR) is 152 cm³/mol. The molecule has 0 radical (unpaired) electrons. The van der Waals surface area contributed by atoms with E-state index in [1.807, 2.05) is 37.3 Å². The third-order valence-electron chi connectivity index (χ3n) is 7.39. The Kier molecular flexibility index (Phi) is 7.02. The van der Waals surface area contributed by atoms with Crippen molar-refractivity contribution in [3.05, 3.63) is 82.2 Å². The van der Waals surface area contributed by atoms with Crippen LogP contribution in [0.2, 0.25) is 0 Å². The molecule has 7 nitrogen and oxygen atoms in total. The minimum atomic E-state index is -0.222. The van der Waals surface area contributed by atoms with Gasteiger partial charge in [-0.1, -0.05) is 67.8 Å². The van der Waals surface area contributed by atoms with Gasteiger partial charge in [-0.15, -0.1) is 0 Å². The highest BCUT2D eigenvalue weighted by Gasteiger charge is 2.43. The number of aromatic nitrogens is 2. The van der Waals surface area contributed by atoms with E-state index in [1.165, 1.54) is 12.0 Å². The summed E-state index contributed by atoms with van der Waals surface area (Å²) in [4.78, 5) is 19.7. The van der Waals surface area contributed by atoms with Gasteiger partial charge in [0.15, 0.2) is 5.11 Å². The molecule has 192 valence electrons. The van der Waals surface area contributed by atoms with Gasteiger partial charge < -0.3 is 10.1 Å². The van der Waals surface area contributed by atoms with Crippen LogP contribution in [-0.4, -0.2) is 28.3 Å². The molecule has 2 aliphatic carbocycles. The lowest BCUT2D eigenvalue weighted by molar-refractivity contribution is 0.284. The molecule has 3 aromatic rings. The summed E-state index contributed by atoms with van der Waals surface area (Å²) in [6.45, 7) is 6.36. The van der Waals surface area contributed by atoms with E-state index < -0.39 is 0 Å². The van der Waals surface area contributed by atoms with Crippen molar-refractivity contribution in [3.8, 4) is 22.7 Å². The van der Waals surface area contributed by atoms with Gasteiger partial charge in [0.25, 0.3) is 5.56 Å². The number of fused-ring (bicyclic) bond motifs is 4. The van der Waals surface area contributed by atoms with Crippen molar-refractivity contribution in [1.29, 1.82) is 0 Å². The number of thiocarbonyl (C=S) groups is 1. The van der Waals surface area contributed by atoms with E-state index in [-0.39, 0.29) is 11.0 Å². The van der Waals surface area contributed by atoms with Crippen LogP contribution in [0.15, 0.2) is 65.5 Å². The van der Waals surface area contributed by atoms with Crippen molar-refractivity contribution in [2.75, 3.05) is 19.1 Å². The summed E-state index contributed by atoms with van der Waals surface area (Å²) in [6.07, 6.45) is 6.25. The summed E-state index contributed by atoms with van der Waals surface area (Å²) < 4.78 is 7.28. The standard InChI is InChI=1S/C29H33N5O2S/c1-19(2)18-30-28(37)33-32-27-31-25-21-12-6-5-11-20(21)17-29(15-9-4-10-16-29)24(25)26(35)34(27)22-13-7-8-14-23(22)36-3/h5-8,11-14H,1,4,9-10,15-18H2,2-3H3,(H,31,32)(H2,30,33,37). The van der Waals surface area contributed by atoms with Gasteiger partial charge in [0.2, 0.25) is 5.95 Å². The second-order valence-electron chi connectivity index (χ2n) is 10.0. The highest BCUT2D eigenvalue weighted by molar-refractivity contribution is 7.80. The number of benzene rings is 2. The van der Waals surface area contributed by atoms with Gasteiger partial charge in [-0.3, -0.25) is 15.6 Å². The van der Waals surface area contributed by atoms with E-state index in [1.54, 1.807) is 11.7 Å². The first kappa shape index (κ1) is 25.0. The minimum absolute atomic E-state index is 0.0731. The average Bonchev–Trinajstić information content (AvgIpc) is 2.91. The number of methoxy groups -OCH3 is 1. The smallest absolute Gasteiger partial charge is 0.264 e. The number of hydrazine groups is 1. The normalized spacial score (nSPS) is 15.3.